The first-order valence-corrected chi connectivity index (χ1v) is 13.4. The SMILES string of the molecule is CCOc1cc([C@H]2C(C(=O)OCCc3ccccc3)=C(C)NC3=C2C(=O)C[C@@H](c2ccccc2)C3)ccc1O. The van der Waals surface area contributed by atoms with Crippen LogP contribution in [-0.2, 0) is 20.7 Å². The standard InChI is InChI=1S/C33H33NO5/c1-3-38-29-20-24(14-15-27(29)35)31-30(33(37)39-17-16-22-10-6-4-7-11-22)21(2)34-26-18-25(19-28(36)32(26)31)23-12-8-5-9-13-23/h4-15,20,25,31,34-35H,3,16-19H2,1-2H3/t25-,31-/m0/s1. The fourth-order valence-corrected chi connectivity index (χ4v) is 5.57. The maximum Gasteiger partial charge on any atom is 0.336 e. The summed E-state index contributed by atoms with van der Waals surface area (Å²) in [4.78, 5) is 27.4. The molecule has 2 N–H and O–H groups in total. The highest BCUT2D eigenvalue weighted by atomic mass is 16.5. The molecule has 0 radical (unpaired) electrons. The van der Waals surface area contributed by atoms with Crippen LogP contribution in [0.4, 0.5) is 0 Å². The van der Waals surface area contributed by atoms with Crippen molar-refractivity contribution in [2.45, 2.75) is 44.9 Å². The lowest BCUT2D eigenvalue weighted by molar-refractivity contribution is -0.139. The second-order valence-corrected chi connectivity index (χ2v) is 9.96. The zero-order chi connectivity index (χ0) is 27.4. The number of rotatable bonds is 8. The van der Waals surface area contributed by atoms with Gasteiger partial charge in [0.1, 0.15) is 0 Å². The summed E-state index contributed by atoms with van der Waals surface area (Å²) in [5.74, 6) is -0.718. The molecule has 0 saturated carbocycles. The van der Waals surface area contributed by atoms with Gasteiger partial charge in [0.2, 0.25) is 0 Å². The van der Waals surface area contributed by atoms with E-state index >= 15 is 0 Å². The molecule has 0 amide bonds. The van der Waals surface area contributed by atoms with Crippen LogP contribution >= 0.6 is 0 Å². The van der Waals surface area contributed by atoms with Crippen molar-refractivity contribution in [2.75, 3.05) is 13.2 Å². The average molecular weight is 524 g/mol. The number of phenols is 1. The van der Waals surface area contributed by atoms with Crippen molar-refractivity contribution in [3.05, 3.63) is 118 Å². The minimum absolute atomic E-state index is 0.00396. The van der Waals surface area contributed by atoms with Gasteiger partial charge in [-0.05, 0) is 55.0 Å². The minimum atomic E-state index is -0.630. The topological polar surface area (TPSA) is 84.9 Å². The fraction of sp³-hybridized carbons (Fsp3) is 0.273. The van der Waals surface area contributed by atoms with Crippen LogP contribution < -0.4 is 10.1 Å². The Morgan fingerprint density at radius 3 is 2.41 bits per heavy atom. The molecule has 5 rings (SSSR count). The molecule has 6 heteroatoms. The lowest BCUT2D eigenvalue weighted by Crippen LogP contribution is -2.36. The Morgan fingerprint density at radius 1 is 0.974 bits per heavy atom. The van der Waals surface area contributed by atoms with Crippen LogP contribution in [0.3, 0.4) is 0 Å². The summed E-state index contributed by atoms with van der Waals surface area (Å²) in [7, 11) is 0. The van der Waals surface area contributed by atoms with E-state index in [-0.39, 0.29) is 24.1 Å². The summed E-state index contributed by atoms with van der Waals surface area (Å²) < 4.78 is 11.4. The summed E-state index contributed by atoms with van der Waals surface area (Å²) >= 11 is 0. The zero-order valence-electron chi connectivity index (χ0n) is 22.3. The number of carbonyl (C=O) groups excluding carboxylic acids is 2. The molecule has 0 aromatic heterocycles. The van der Waals surface area contributed by atoms with E-state index in [4.69, 9.17) is 9.47 Å². The Bertz CT molecular complexity index is 1420. The van der Waals surface area contributed by atoms with Crippen LogP contribution in [0.5, 0.6) is 11.5 Å². The third-order valence-corrected chi connectivity index (χ3v) is 7.40. The number of aromatic hydroxyl groups is 1. The third kappa shape index (κ3) is 5.60. The number of dihydropyridines is 1. The molecule has 1 heterocycles. The van der Waals surface area contributed by atoms with Crippen LogP contribution in [0, 0.1) is 0 Å². The molecule has 1 aliphatic heterocycles. The van der Waals surface area contributed by atoms with Crippen molar-refractivity contribution in [3.8, 4) is 11.5 Å². The van der Waals surface area contributed by atoms with E-state index in [1.165, 1.54) is 0 Å². The summed E-state index contributed by atoms with van der Waals surface area (Å²) in [6, 6.07) is 24.9. The normalized spacial score (nSPS) is 18.9. The van der Waals surface area contributed by atoms with Gasteiger partial charge < -0.3 is 19.9 Å². The van der Waals surface area contributed by atoms with Crippen LogP contribution in [0.15, 0.2) is 101 Å². The fourth-order valence-electron chi connectivity index (χ4n) is 5.57. The minimum Gasteiger partial charge on any atom is -0.504 e. The highest BCUT2D eigenvalue weighted by Crippen LogP contribution is 2.47. The maximum absolute atomic E-state index is 13.8. The van der Waals surface area contributed by atoms with Crippen LogP contribution in [0.2, 0.25) is 0 Å². The van der Waals surface area contributed by atoms with Crippen LogP contribution in [0.1, 0.15) is 55.2 Å². The summed E-state index contributed by atoms with van der Waals surface area (Å²) in [5.41, 5.74) is 5.37. The molecule has 6 nitrogen and oxygen atoms in total. The molecule has 1 aliphatic carbocycles. The number of phenolic OH excluding ortho intramolecular Hbond substituents is 1. The Hall–Kier alpha value is -4.32. The largest absolute Gasteiger partial charge is 0.504 e. The van der Waals surface area contributed by atoms with E-state index in [2.05, 4.69) is 17.4 Å². The molecular weight excluding hydrogens is 490 g/mol. The first-order chi connectivity index (χ1) is 19.0. The first-order valence-electron chi connectivity index (χ1n) is 13.4. The van der Waals surface area contributed by atoms with Gasteiger partial charge in [0.15, 0.2) is 17.3 Å². The molecule has 2 atom stereocenters. The lowest BCUT2D eigenvalue weighted by Gasteiger charge is -2.36. The average Bonchev–Trinajstić information content (AvgIpc) is 2.94. The Kier molecular flexibility index (Phi) is 7.82. The number of ketones is 1. The summed E-state index contributed by atoms with van der Waals surface area (Å²) in [6.07, 6.45) is 1.61. The maximum atomic E-state index is 13.8. The molecule has 0 spiro atoms. The van der Waals surface area contributed by atoms with E-state index in [1.807, 2.05) is 62.4 Å². The van der Waals surface area contributed by atoms with Gasteiger partial charge >= 0.3 is 5.97 Å². The number of Topliss-reactive ketones (excluding diaryl/α,β-unsaturated/α-hetero) is 1. The van der Waals surface area contributed by atoms with Crippen molar-refractivity contribution < 1.29 is 24.2 Å². The second kappa shape index (κ2) is 11.6. The molecule has 0 fully saturated rings. The van der Waals surface area contributed by atoms with Crippen molar-refractivity contribution in [1.82, 2.24) is 5.32 Å². The molecule has 0 unspecified atom stereocenters. The summed E-state index contributed by atoms with van der Waals surface area (Å²) in [5, 5.41) is 13.7. The molecule has 0 bridgehead atoms. The van der Waals surface area contributed by atoms with Gasteiger partial charge in [-0.1, -0.05) is 66.7 Å². The van der Waals surface area contributed by atoms with Crippen molar-refractivity contribution >= 4 is 11.8 Å². The van der Waals surface area contributed by atoms with Gasteiger partial charge in [0, 0.05) is 35.7 Å². The second-order valence-electron chi connectivity index (χ2n) is 9.96. The van der Waals surface area contributed by atoms with E-state index in [1.54, 1.807) is 18.2 Å². The number of ether oxygens (including phenoxy) is 2. The number of esters is 1. The number of carbonyl (C=O) groups is 2. The van der Waals surface area contributed by atoms with Crippen LogP contribution in [-0.4, -0.2) is 30.1 Å². The molecule has 200 valence electrons. The Labute approximate surface area is 229 Å². The van der Waals surface area contributed by atoms with Crippen LogP contribution in [0.25, 0.3) is 0 Å². The van der Waals surface area contributed by atoms with Gasteiger partial charge in [-0.25, -0.2) is 4.79 Å². The first kappa shape index (κ1) is 26.3. The highest BCUT2D eigenvalue weighted by Gasteiger charge is 2.41. The Balaban J connectivity index is 1.50. The van der Waals surface area contributed by atoms with Gasteiger partial charge in [-0.2, -0.15) is 0 Å². The number of hydrogen-bond donors (Lipinski definition) is 2. The molecular formula is C33H33NO5. The molecule has 0 saturated heterocycles. The molecule has 3 aromatic carbocycles. The Morgan fingerprint density at radius 2 is 1.69 bits per heavy atom. The monoisotopic (exact) mass is 523 g/mol. The number of benzene rings is 3. The number of allylic oxidation sites excluding steroid dienone is 3. The number of nitrogens with one attached hydrogen (secondary N) is 1. The van der Waals surface area contributed by atoms with E-state index in [0.717, 1.165) is 16.8 Å². The van der Waals surface area contributed by atoms with Crippen molar-refractivity contribution in [1.29, 1.82) is 0 Å². The predicted molar refractivity (Wildman–Crippen MR) is 149 cm³/mol. The highest BCUT2D eigenvalue weighted by molar-refractivity contribution is 6.04. The van der Waals surface area contributed by atoms with Gasteiger partial charge in [-0.3, -0.25) is 4.79 Å². The smallest absolute Gasteiger partial charge is 0.336 e. The molecule has 2 aliphatic rings. The third-order valence-electron chi connectivity index (χ3n) is 7.40. The van der Waals surface area contributed by atoms with Gasteiger partial charge in [0.25, 0.3) is 0 Å². The summed E-state index contributed by atoms with van der Waals surface area (Å²) in [6.45, 7) is 4.29. The zero-order valence-corrected chi connectivity index (χ0v) is 22.3. The number of hydrogen-bond acceptors (Lipinski definition) is 6. The van der Waals surface area contributed by atoms with Gasteiger partial charge in [0.05, 0.1) is 18.8 Å². The molecule has 3 aromatic rings. The van der Waals surface area contributed by atoms with Crippen molar-refractivity contribution in [2.24, 2.45) is 0 Å². The van der Waals surface area contributed by atoms with E-state index in [0.29, 0.717) is 54.0 Å². The molecule has 39 heavy (non-hydrogen) atoms. The quantitative estimate of drug-likeness (QED) is 0.356. The predicted octanol–water partition coefficient (Wildman–Crippen LogP) is 5.94. The van der Waals surface area contributed by atoms with E-state index < -0.39 is 11.9 Å². The van der Waals surface area contributed by atoms with E-state index in [9.17, 15) is 14.7 Å². The lowest BCUT2D eigenvalue weighted by atomic mass is 9.71. The van der Waals surface area contributed by atoms with Gasteiger partial charge in [-0.15, -0.1) is 0 Å². The van der Waals surface area contributed by atoms with Crippen molar-refractivity contribution in [3.63, 3.8) is 0 Å².